The van der Waals surface area contributed by atoms with Gasteiger partial charge in [-0.25, -0.2) is 9.97 Å². The summed E-state index contributed by atoms with van der Waals surface area (Å²) in [5.74, 6) is 1.31. The Hall–Kier alpha value is -2.77. The molecule has 0 saturated carbocycles. The normalized spacial score (nSPS) is 14.9. The lowest BCUT2D eigenvalue weighted by atomic mass is 10.1. The molecule has 7 nitrogen and oxygen atoms in total. The predicted molar refractivity (Wildman–Crippen MR) is 108 cm³/mol. The summed E-state index contributed by atoms with van der Waals surface area (Å²) in [5.41, 5.74) is 3.39. The van der Waals surface area contributed by atoms with Gasteiger partial charge < -0.3 is 14.5 Å². The lowest BCUT2D eigenvalue weighted by Crippen LogP contribution is -2.37. The summed E-state index contributed by atoms with van der Waals surface area (Å²) in [7, 11) is 0. The number of pyridine rings is 1. The predicted octanol–water partition coefficient (Wildman–Crippen LogP) is 3.24. The van der Waals surface area contributed by atoms with Crippen molar-refractivity contribution >= 4 is 5.95 Å². The molecule has 1 saturated heterocycles. The molecule has 1 fully saturated rings. The van der Waals surface area contributed by atoms with E-state index in [0.717, 1.165) is 68.5 Å². The van der Waals surface area contributed by atoms with Gasteiger partial charge in [-0.2, -0.15) is 0 Å². The van der Waals surface area contributed by atoms with Gasteiger partial charge in [-0.1, -0.05) is 6.07 Å². The molecule has 1 aliphatic heterocycles. The van der Waals surface area contributed by atoms with Crippen molar-refractivity contribution in [1.29, 1.82) is 0 Å². The van der Waals surface area contributed by atoms with Crippen LogP contribution in [0.4, 0.5) is 5.95 Å². The van der Waals surface area contributed by atoms with Gasteiger partial charge in [0.25, 0.3) is 0 Å². The van der Waals surface area contributed by atoms with Gasteiger partial charge >= 0.3 is 0 Å². The van der Waals surface area contributed by atoms with E-state index in [9.17, 15) is 0 Å². The quantitative estimate of drug-likeness (QED) is 0.632. The molecule has 146 valence electrons. The average molecular weight is 379 g/mol. The molecule has 4 heterocycles. The van der Waals surface area contributed by atoms with Crippen LogP contribution in [0.2, 0.25) is 0 Å². The molecule has 28 heavy (non-hydrogen) atoms. The zero-order valence-corrected chi connectivity index (χ0v) is 16.1. The van der Waals surface area contributed by atoms with Crippen molar-refractivity contribution in [1.82, 2.24) is 19.9 Å². The molecule has 1 N–H and O–H groups in total. The fourth-order valence-corrected chi connectivity index (χ4v) is 3.28. The third kappa shape index (κ3) is 4.55. The number of rotatable bonds is 7. The Labute approximate surface area is 164 Å². The minimum Gasteiger partial charge on any atom is -0.463 e. The largest absolute Gasteiger partial charge is 0.463 e. The van der Waals surface area contributed by atoms with Gasteiger partial charge in [0, 0.05) is 37.1 Å². The molecule has 3 aromatic rings. The van der Waals surface area contributed by atoms with E-state index in [0.29, 0.717) is 11.7 Å². The standard InChI is InChI=1S/C21H25N5O2/c1-16-5-2-6-18(24-16)17-15-23-21(25-20(17)19-7-3-12-28-19)22-8-4-9-26-10-13-27-14-11-26/h2-3,5-7,12,15H,4,8-11,13-14H2,1H3,(H,22,23,25). The molecular formula is C21H25N5O2. The van der Waals surface area contributed by atoms with Crippen molar-refractivity contribution in [2.24, 2.45) is 0 Å². The molecule has 0 unspecified atom stereocenters. The molecule has 0 amide bonds. The first kappa shape index (κ1) is 18.6. The zero-order chi connectivity index (χ0) is 19.2. The molecule has 0 aliphatic carbocycles. The zero-order valence-electron chi connectivity index (χ0n) is 16.1. The van der Waals surface area contributed by atoms with Crippen molar-refractivity contribution in [2.45, 2.75) is 13.3 Å². The van der Waals surface area contributed by atoms with Crippen LogP contribution in [-0.4, -0.2) is 59.2 Å². The molecule has 3 aromatic heterocycles. The fraction of sp³-hybridized carbons (Fsp3) is 0.381. The minimum atomic E-state index is 0.602. The highest BCUT2D eigenvalue weighted by Crippen LogP contribution is 2.30. The maximum atomic E-state index is 5.61. The van der Waals surface area contributed by atoms with Gasteiger partial charge in [-0.05, 0) is 44.2 Å². The van der Waals surface area contributed by atoms with Crippen LogP contribution in [0.5, 0.6) is 0 Å². The number of aromatic nitrogens is 3. The number of nitrogens with zero attached hydrogens (tertiary/aromatic N) is 4. The van der Waals surface area contributed by atoms with E-state index in [-0.39, 0.29) is 0 Å². The molecule has 0 aromatic carbocycles. The third-order valence-corrected chi connectivity index (χ3v) is 4.75. The molecule has 1 aliphatic rings. The molecule has 7 heteroatoms. The van der Waals surface area contributed by atoms with Gasteiger partial charge in [-0.3, -0.25) is 9.88 Å². The van der Waals surface area contributed by atoms with Crippen LogP contribution in [0.3, 0.4) is 0 Å². The van der Waals surface area contributed by atoms with Gasteiger partial charge in [0.1, 0.15) is 5.69 Å². The van der Waals surface area contributed by atoms with E-state index in [4.69, 9.17) is 14.1 Å². The molecule has 4 rings (SSSR count). The van der Waals surface area contributed by atoms with Crippen LogP contribution >= 0.6 is 0 Å². The first-order valence-corrected chi connectivity index (χ1v) is 9.68. The number of morpholine rings is 1. The molecule has 0 bridgehead atoms. The van der Waals surface area contributed by atoms with Crippen LogP contribution in [-0.2, 0) is 4.74 Å². The van der Waals surface area contributed by atoms with Crippen LogP contribution < -0.4 is 5.32 Å². The second kappa shape index (κ2) is 8.95. The Balaban J connectivity index is 1.47. The lowest BCUT2D eigenvalue weighted by Gasteiger charge is -2.26. The smallest absolute Gasteiger partial charge is 0.223 e. The van der Waals surface area contributed by atoms with E-state index in [1.165, 1.54) is 0 Å². The van der Waals surface area contributed by atoms with Gasteiger partial charge in [0.15, 0.2) is 5.76 Å². The van der Waals surface area contributed by atoms with E-state index >= 15 is 0 Å². The minimum absolute atomic E-state index is 0.602. The van der Waals surface area contributed by atoms with E-state index in [2.05, 4.69) is 20.2 Å². The Kier molecular flexibility index (Phi) is 5.94. The summed E-state index contributed by atoms with van der Waals surface area (Å²) in [6.07, 6.45) is 4.50. The maximum absolute atomic E-state index is 5.61. The summed E-state index contributed by atoms with van der Waals surface area (Å²) < 4.78 is 11.0. The molecular weight excluding hydrogens is 354 g/mol. The SMILES string of the molecule is Cc1cccc(-c2cnc(NCCCN3CCOCC3)nc2-c2ccco2)n1. The lowest BCUT2D eigenvalue weighted by molar-refractivity contribution is 0.0378. The Morgan fingerprint density at radius 2 is 2.00 bits per heavy atom. The summed E-state index contributed by atoms with van der Waals surface area (Å²) in [4.78, 5) is 16.3. The number of aryl methyl sites for hydroxylation is 1. The Bertz CT molecular complexity index is 892. The maximum Gasteiger partial charge on any atom is 0.223 e. The topological polar surface area (TPSA) is 76.3 Å². The highest BCUT2D eigenvalue weighted by Gasteiger charge is 2.15. The number of hydrogen-bond acceptors (Lipinski definition) is 7. The summed E-state index contributed by atoms with van der Waals surface area (Å²) in [6, 6.07) is 9.69. The number of furan rings is 1. The summed E-state index contributed by atoms with van der Waals surface area (Å²) in [5, 5.41) is 3.33. The number of hydrogen-bond donors (Lipinski definition) is 1. The fourth-order valence-electron chi connectivity index (χ4n) is 3.28. The van der Waals surface area contributed by atoms with Gasteiger partial charge in [-0.15, -0.1) is 0 Å². The highest BCUT2D eigenvalue weighted by atomic mass is 16.5. The van der Waals surface area contributed by atoms with Gasteiger partial charge in [0.2, 0.25) is 5.95 Å². The van der Waals surface area contributed by atoms with Crippen molar-refractivity contribution in [2.75, 3.05) is 44.7 Å². The van der Waals surface area contributed by atoms with Crippen molar-refractivity contribution in [3.8, 4) is 22.7 Å². The van der Waals surface area contributed by atoms with Crippen molar-refractivity contribution in [3.05, 3.63) is 48.5 Å². The number of nitrogens with one attached hydrogen (secondary N) is 1. The van der Waals surface area contributed by atoms with E-state index in [1.54, 1.807) is 6.26 Å². The summed E-state index contributed by atoms with van der Waals surface area (Å²) >= 11 is 0. The molecule has 0 spiro atoms. The molecule has 0 atom stereocenters. The van der Waals surface area contributed by atoms with Crippen molar-refractivity contribution in [3.63, 3.8) is 0 Å². The number of anilines is 1. The van der Waals surface area contributed by atoms with E-state index in [1.807, 2.05) is 43.5 Å². The van der Waals surface area contributed by atoms with Crippen LogP contribution in [0.1, 0.15) is 12.1 Å². The van der Waals surface area contributed by atoms with Crippen LogP contribution in [0, 0.1) is 6.92 Å². The van der Waals surface area contributed by atoms with Crippen molar-refractivity contribution < 1.29 is 9.15 Å². The van der Waals surface area contributed by atoms with Gasteiger partial charge in [0.05, 0.1) is 25.2 Å². The summed E-state index contributed by atoms with van der Waals surface area (Å²) in [6.45, 7) is 7.52. The third-order valence-electron chi connectivity index (χ3n) is 4.75. The second-order valence-corrected chi connectivity index (χ2v) is 6.83. The first-order valence-electron chi connectivity index (χ1n) is 9.68. The van der Waals surface area contributed by atoms with Crippen LogP contribution in [0.15, 0.2) is 47.2 Å². The number of ether oxygens (including phenoxy) is 1. The Morgan fingerprint density at radius 1 is 1.11 bits per heavy atom. The van der Waals surface area contributed by atoms with E-state index < -0.39 is 0 Å². The average Bonchev–Trinajstić information content (AvgIpc) is 3.27. The monoisotopic (exact) mass is 379 g/mol. The first-order chi connectivity index (χ1) is 13.8. The second-order valence-electron chi connectivity index (χ2n) is 6.83. The molecule has 0 radical (unpaired) electrons. The Morgan fingerprint density at radius 3 is 2.79 bits per heavy atom. The highest BCUT2D eigenvalue weighted by molar-refractivity contribution is 5.76. The van der Waals surface area contributed by atoms with Crippen LogP contribution in [0.25, 0.3) is 22.7 Å².